The monoisotopic (exact) mass is 506 g/mol. The lowest BCUT2D eigenvalue weighted by atomic mass is 9.83. The van der Waals surface area contributed by atoms with Gasteiger partial charge in [0.2, 0.25) is 5.79 Å². The number of carbonyl (C=O) groups excluding carboxylic acids is 1. The summed E-state index contributed by atoms with van der Waals surface area (Å²) in [4.78, 5) is 12.8. The Hall–Kier alpha value is -1.77. The zero-order valence-electron chi connectivity index (χ0n) is 22.7. The van der Waals surface area contributed by atoms with Gasteiger partial charge >= 0.3 is 5.97 Å². The summed E-state index contributed by atoms with van der Waals surface area (Å²) in [5, 5.41) is 43.1. The molecule has 2 heterocycles. The molecule has 204 valence electrons. The van der Waals surface area contributed by atoms with Gasteiger partial charge < -0.3 is 29.9 Å². The Bertz CT molecular complexity index is 856. The summed E-state index contributed by atoms with van der Waals surface area (Å²) >= 11 is 0. The highest BCUT2D eigenvalue weighted by molar-refractivity contribution is 5.83. The lowest BCUT2D eigenvalue weighted by Crippen LogP contribution is -2.56. The normalized spacial score (nSPS) is 42.2. The van der Waals surface area contributed by atoms with Crippen molar-refractivity contribution in [1.29, 1.82) is 0 Å². The SMILES string of the molecule is C=C1C[C@@H]2C/C=C/[C@@H](O)[C@H](C)/C(C)=C\C(=O)O[C@H](C[C@H](C)[C@H](C)O)[C@@H](C)C/C=C/[C@@](C)(O)[C@](O)(C1)O2. The summed E-state index contributed by atoms with van der Waals surface area (Å²) in [5.41, 5.74) is -0.206. The number of ether oxygens (including phenoxy) is 2. The van der Waals surface area contributed by atoms with Crippen LogP contribution in [0.3, 0.4) is 0 Å². The van der Waals surface area contributed by atoms with Crippen LogP contribution in [0.5, 0.6) is 0 Å². The van der Waals surface area contributed by atoms with E-state index in [0.717, 1.165) is 5.57 Å². The zero-order chi connectivity index (χ0) is 27.3. The second kappa shape index (κ2) is 12.7. The lowest BCUT2D eigenvalue weighted by molar-refractivity contribution is -0.305. The molecular formula is C29H46O7. The molecule has 2 bridgehead atoms. The van der Waals surface area contributed by atoms with E-state index < -0.39 is 41.8 Å². The van der Waals surface area contributed by atoms with Gasteiger partial charge in [-0.2, -0.15) is 0 Å². The van der Waals surface area contributed by atoms with E-state index in [1.807, 2.05) is 20.8 Å². The molecule has 2 aliphatic rings. The number of hydrogen-bond acceptors (Lipinski definition) is 7. The topological polar surface area (TPSA) is 116 Å². The molecule has 36 heavy (non-hydrogen) atoms. The molecule has 0 aromatic heterocycles. The number of aliphatic hydroxyl groups excluding tert-OH is 2. The van der Waals surface area contributed by atoms with Crippen molar-refractivity contribution < 1.29 is 34.7 Å². The van der Waals surface area contributed by atoms with Gasteiger partial charge in [-0.25, -0.2) is 4.79 Å². The van der Waals surface area contributed by atoms with Crippen molar-refractivity contribution in [2.75, 3.05) is 0 Å². The smallest absolute Gasteiger partial charge is 0.330 e. The summed E-state index contributed by atoms with van der Waals surface area (Å²) in [6, 6.07) is 0. The zero-order valence-corrected chi connectivity index (χ0v) is 22.7. The first-order valence-corrected chi connectivity index (χ1v) is 13.0. The van der Waals surface area contributed by atoms with E-state index in [2.05, 4.69) is 6.58 Å². The molecule has 7 nitrogen and oxygen atoms in total. The van der Waals surface area contributed by atoms with Crippen molar-refractivity contribution in [2.45, 2.75) is 109 Å². The number of fused-ring (bicyclic) bond motifs is 2. The Morgan fingerprint density at radius 3 is 2.50 bits per heavy atom. The van der Waals surface area contributed by atoms with Gasteiger partial charge in [0, 0.05) is 18.4 Å². The maximum atomic E-state index is 12.8. The number of allylic oxidation sites excluding steroid dienone is 1. The van der Waals surface area contributed by atoms with Crippen LogP contribution in [0.25, 0.3) is 0 Å². The predicted molar refractivity (Wildman–Crippen MR) is 140 cm³/mol. The van der Waals surface area contributed by atoms with Gasteiger partial charge in [-0.15, -0.1) is 0 Å². The summed E-state index contributed by atoms with van der Waals surface area (Å²) in [6.45, 7) is 14.7. The van der Waals surface area contributed by atoms with Crippen LogP contribution in [0.1, 0.15) is 73.6 Å². The van der Waals surface area contributed by atoms with Crippen molar-refractivity contribution in [3.63, 3.8) is 0 Å². The standard InChI is InChI=1S/C29H46O7/c1-18-14-24-11-8-12-25(31)22(5)20(3)16-27(32)35-26(15-21(4)23(6)30)19(2)10-9-13-28(7,33)29(34,17-18)36-24/h8-9,12-13,16,19,21-26,30-31,33-34H,1,10-11,14-15,17H2,2-7H3/b12-8+,13-9+,20-16-/t19-,21-,22+,23-,24-,25+,26+,28+,29-/m0/s1. The summed E-state index contributed by atoms with van der Waals surface area (Å²) < 4.78 is 11.8. The third kappa shape index (κ3) is 8.12. The molecule has 2 aliphatic heterocycles. The third-order valence-corrected chi connectivity index (χ3v) is 7.75. The molecule has 0 aliphatic carbocycles. The van der Waals surface area contributed by atoms with Gasteiger partial charge in [-0.3, -0.25) is 0 Å². The first-order valence-electron chi connectivity index (χ1n) is 13.0. The average Bonchev–Trinajstić information content (AvgIpc) is 2.76. The largest absolute Gasteiger partial charge is 0.459 e. The highest BCUT2D eigenvalue weighted by Gasteiger charge is 2.49. The highest BCUT2D eigenvalue weighted by Crippen LogP contribution is 2.39. The van der Waals surface area contributed by atoms with Crippen LogP contribution in [0.15, 0.2) is 48.1 Å². The van der Waals surface area contributed by atoms with Crippen LogP contribution in [-0.4, -0.2) is 62.2 Å². The third-order valence-electron chi connectivity index (χ3n) is 7.75. The second-order valence-electron chi connectivity index (χ2n) is 11.2. The first kappa shape index (κ1) is 30.5. The Kier molecular flexibility index (Phi) is 10.7. The van der Waals surface area contributed by atoms with Crippen LogP contribution in [-0.2, 0) is 14.3 Å². The van der Waals surface area contributed by atoms with E-state index in [1.165, 1.54) is 19.1 Å². The average molecular weight is 507 g/mol. The minimum absolute atomic E-state index is 0.0922. The van der Waals surface area contributed by atoms with Gasteiger partial charge in [-0.05, 0) is 58.3 Å². The van der Waals surface area contributed by atoms with Crippen LogP contribution < -0.4 is 0 Å². The fourth-order valence-electron chi connectivity index (χ4n) is 4.58. The van der Waals surface area contributed by atoms with Gasteiger partial charge in [0.1, 0.15) is 11.7 Å². The van der Waals surface area contributed by atoms with Gasteiger partial charge in [0.05, 0.1) is 18.3 Å². The van der Waals surface area contributed by atoms with Crippen molar-refractivity contribution in [3.8, 4) is 0 Å². The number of aliphatic hydroxyl groups is 4. The Balaban J connectivity index is 2.41. The second-order valence-corrected chi connectivity index (χ2v) is 11.2. The van der Waals surface area contributed by atoms with Crippen LogP contribution in [0.4, 0.5) is 0 Å². The molecule has 0 amide bonds. The lowest BCUT2D eigenvalue weighted by Gasteiger charge is -2.45. The van der Waals surface area contributed by atoms with Crippen molar-refractivity contribution in [2.24, 2.45) is 17.8 Å². The maximum absolute atomic E-state index is 12.8. The van der Waals surface area contributed by atoms with Crippen molar-refractivity contribution in [3.05, 3.63) is 48.1 Å². The molecule has 1 saturated heterocycles. The quantitative estimate of drug-likeness (QED) is 0.338. The van der Waals surface area contributed by atoms with E-state index >= 15 is 0 Å². The van der Waals surface area contributed by atoms with Crippen LogP contribution in [0, 0.1) is 17.8 Å². The number of carbonyl (C=O) groups is 1. The fraction of sp³-hybridized carbons (Fsp3) is 0.690. The van der Waals surface area contributed by atoms with Crippen molar-refractivity contribution in [1.82, 2.24) is 0 Å². The Morgan fingerprint density at radius 2 is 1.86 bits per heavy atom. The molecule has 0 aromatic rings. The van der Waals surface area contributed by atoms with Crippen molar-refractivity contribution >= 4 is 5.97 Å². The van der Waals surface area contributed by atoms with Gasteiger partial charge in [-0.1, -0.05) is 62.8 Å². The van der Waals surface area contributed by atoms with Crippen LogP contribution >= 0.6 is 0 Å². The van der Waals surface area contributed by atoms with E-state index in [4.69, 9.17) is 9.47 Å². The molecule has 0 unspecified atom stereocenters. The maximum Gasteiger partial charge on any atom is 0.330 e. The molecule has 1 fully saturated rings. The van der Waals surface area contributed by atoms with E-state index in [-0.39, 0.29) is 24.2 Å². The van der Waals surface area contributed by atoms with Crippen LogP contribution in [0.2, 0.25) is 0 Å². The molecule has 9 atom stereocenters. The number of rotatable bonds is 3. The van der Waals surface area contributed by atoms with E-state index in [0.29, 0.717) is 31.3 Å². The van der Waals surface area contributed by atoms with Gasteiger partial charge in [0.25, 0.3) is 0 Å². The summed E-state index contributed by atoms with van der Waals surface area (Å²) in [7, 11) is 0. The molecule has 4 N–H and O–H groups in total. The summed E-state index contributed by atoms with van der Waals surface area (Å²) in [5.74, 6) is -2.86. The number of hydrogen-bond donors (Lipinski definition) is 4. The first-order chi connectivity index (χ1) is 16.6. The minimum Gasteiger partial charge on any atom is -0.459 e. The molecule has 0 aromatic carbocycles. The molecule has 7 heteroatoms. The highest BCUT2D eigenvalue weighted by atomic mass is 16.6. The predicted octanol–water partition coefficient (Wildman–Crippen LogP) is 3.97. The van der Waals surface area contributed by atoms with E-state index in [9.17, 15) is 25.2 Å². The fourth-order valence-corrected chi connectivity index (χ4v) is 4.58. The Labute approximate surface area is 216 Å². The summed E-state index contributed by atoms with van der Waals surface area (Å²) in [6.07, 6.45) is 7.94. The number of esters is 1. The molecule has 0 saturated carbocycles. The molecular weight excluding hydrogens is 460 g/mol. The van der Waals surface area contributed by atoms with E-state index in [1.54, 1.807) is 32.1 Å². The number of cyclic esters (lactones) is 1. The Morgan fingerprint density at radius 1 is 1.19 bits per heavy atom. The molecule has 2 rings (SSSR count). The molecule has 0 radical (unpaired) electrons. The molecule has 0 spiro atoms. The van der Waals surface area contributed by atoms with Gasteiger partial charge in [0.15, 0.2) is 0 Å². The minimum atomic E-state index is -1.84.